The average Bonchev–Trinajstić information content (AvgIpc) is 2.30. The first-order chi connectivity index (χ1) is 7.77. The van der Waals surface area contributed by atoms with Gasteiger partial charge in [-0.25, -0.2) is 0 Å². The highest BCUT2D eigenvalue weighted by Crippen LogP contribution is 2.17. The average molecular weight is 217 g/mol. The molecule has 1 unspecified atom stereocenters. The van der Waals surface area contributed by atoms with Crippen LogP contribution in [0.5, 0.6) is 0 Å². The monoisotopic (exact) mass is 217 g/mol. The fourth-order valence-corrected chi connectivity index (χ4v) is 1.23. The van der Waals surface area contributed by atoms with Gasteiger partial charge in [0.05, 0.1) is 11.7 Å². The molecule has 0 aromatic heterocycles. The maximum Gasteiger partial charge on any atom is 0.207 e. The molecule has 0 bridgehead atoms. The van der Waals surface area contributed by atoms with E-state index in [1.807, 2.05) is 31.2 Å². The zero-order chi connectivity index (χ0) is 11.8. The van der Waals surface area contributed by atoms with Gasteiger partial charge in [0.15, 0.2) is 0 Å². The number of hydrogen-bond donors (Lipinski definition) is 2. The van der Waals surface area contributed by atoms with E-state index in [2.05, 4.69) is 10.3 Å². The fraction of sp³-hybridized carbons (Fsp3) is 0.167. The van der Waals surface area contributed by atoms with Crippen LogP contribution in [0.4, 0.5) is 5.69 Å². The lowest BCUT2D eigenvalue weighted by Crippen LogP contribution is -2.15. The summed E-state index contributed by atoms with van der Waals surface area (Å²) in [5.41, 5.74) is 7.07. The number of allylic oxidation sites excluding steroid dienone is 1. The first kappa shape index (κ1) is 12.0. The second-order valence-electron chi connectivity index (χ2n) is 3.26. The normalized spacial score (nSPS) is 13.1. The molecule has 0 fully saturated rings. The molecule has 1 rings (SSSR count). The Hall–Kier alpha value is -2.10. The van der Waals surface area contributed by atoms with Gasteiger partial charge in [-0.2, -0.15) is 0 Å². The van der Waals surface area contributed by atoms with E-state index in [-0.39, 0.29) is 6.04 Å². The molecule has 0 saturated heterocycles. The van der Waals surface area contributed by atoms with Gasteiger partial charge in [-0.15, -0.1) is 0 Å². The van der Waals surface area contributed by atoms with E-state index in [0.29, 0.717) is 6.41 Å². The van der Waals surface area contributed by atoms with Crippen molar-refractivity contribution in [2.45, 2.75) is 13.0 Å². The zero-order valence-electron chi connectivity index (χ0n) is 9.13. The lowest BCUT2D eigenvalue weighted by Gasteiger charge is -2.09. The van der Waals surface area contributed by atoms with Crippen LogP contribution in [0.1, 0.15) is 18.5 Å². The Bertz CT molecular complexity index is 382. The smallest absolute Gasteiger partial charge is 0.207 e. The first-order valence-corrected chi connectivity index (χ1v) is 4.98. The Balaban J connectivity index is 2.70. The van der Waals surface area contributed by atoms with Crippen molar-refractivity contribution in [3.05, 3.63) is 42.1 Å². The van der Waals surface area contributed by atoms with Gasteiger partial charge in [0, 0.05) is 6.21 Å². The van der Waals surface area contributed by atoms with Crippen molar-refractivity contribution < 1.29 is 4.79 Å². The second kappa shape index (κ2) is 6.40. The minimum absolute atomic E-state index is 0.0134. The summed E-state index contributed by atoms with van der Waals surface area (Å²) in [6.45, 7) is 1.92. The summed E-state index contributed by atoms with van der Waals surface area (Å²) in [4.78, 5) is 14.4. The highest BCUT2D eigenvalue weighted by molar-refractivity contribution is 5.74. The second-order valence-corrected chi connectivity index (χ2v) is 3.26. The highest BCUT2D eigenvalue weighted by atomic mass is 16.1. The van der Waals surface area contributed by atoms with Crippen LogP contribution in [0.15, 0.2) is 41.5 Å². The maximum absolute atomic E-state index is 10.3. The number of benzene rings is 1. The summed E-state index contributed by atoms with van der Waals surface area (Å²) in [6, 6.07) is 7.65. The summed E-state index contributed by atoms with van der Waals surface area (Å²) in [7, 11) is 0. The molecule has 84 valence electrons. The molecule has 4 nitrogen and oxygen atoms in total. The van der Waals surface area contributed by atoms with Crippen molar-refractivity contribution in [3.63, 3.8) is 0 Å². The van der Waals surface area contributed by atoms with Crippen molar-refractivity contribution >= 4 is 18.3 Å². The lowest BCUT2D eigenvalue weighted by atomic mass is 10.1. The summed E-state index contributed by atoms with van der Waals surface area (Å²) in [6.07, 6.45) is 5.41. The fourth-order valence-electron chi connectivity index (χ4n) is 1.23. The van der Waals surface area contributed by atoms with E-state index in [1.54, 1.807) is 12.3 Å². The van der Waals surface area contributed by atoms with Crippen LogP contribution in [-0.2, 0) is 4.79 Å². The third-order valence-electron chi connectivity index (χ3n) is 2.13. The maximum atomic E-state index is 10.3. The largest absolute Gasteiger partial charge is 0.405 e. The number of carbonyl (C=O) groups excluding carboxylic acids is 1. The predicted octanol–water partition coefficient (Wildman–Crippen LogP) is 1.67. The Morgan fingerprint density at radius 3 is 2.62 bits per heavy atom. The van der Waals surface area contributed by atoms with Crippen molar-refractivity contribution in [2.75, 3.05) is 0 Å². The standard InChI is InChI=1S/C12H15N3O/c1-10(15-9-16)11-3-5-12(6-4-11)14-8-2-7-13/h2-10H,13H2,1H3,(H,15,16). The number of amides is 1. The number of rotatable bonds is 5. The summed E-state index contributed by atoms with van der Waals surface area (Å²) in [5.74, 6) is 0. The Labute approximate surface area is 94.9 Å². The van der Waals surface area contributed by atoms with Crippen LogP contribution in [0.3, 0.4) is 0 Å². The molecule has 0 saturated carbocycles. The molecule has 0 aliphatic heterocycles. The number of hydrogen-bond acceptors (Lipinski definition) is 3. The summed E-state index contributed by atoms with van der Waals surface area (Å²) >= 11 is 0. The Morgan fingerprint density at radius 1 is 1.38 bits per heavy atom. The van der Waals surface area contributed by atoms with Gasteiger partial charge in [-0.05, 0) is 36.9 Å². The predicted molar refractivity (Wildman–Crippen MR) is 65.5 cm³/mol. The molecule has 16 heavy (non-hydrogen) atoms. The van der Waals surface area contributed by atoms with E-state index in [1.165, 1.54) is 6.20 Å². The zero-order valence-corrected chi connectivity index (χ0v) is 9.13. The van der Waals surface area contributed by atoms with Crippen molar-refractivity contribution in [2.24, 2.45) is 10.7 Å². The quantitative estimate of drug-likeness (QED) is 0.582. The van der Waals surface area contributed by atoms with E-state index in [9.17, 15) is 4.79 Å². The lowest BCUT2D eigenvalue weighted by molar-refractivity contribution is -0.110. The van der Waals surface area contributed by atoms with E-state index < -0.39 is 0 Å². The number of nitrogens with two attached hydrogens (primary N) is 1. The van der Waals surface area contributed by atoms with Crippen molar-refractivity contribution in [1.29, 1.82) is 0 Å². The van der Waals surface area contributed by atoms with Crippen LogP contribution in [0, 0.1) is 0 Å². The first-order valence-electron chi connectivity index (χ1n) is 4.98. The number of nitrogens with one attached hydrogen (secondary N) is 1. The van der Waals surface area contributed by atoms with Crippen LogP contribution in [-0.4, -0.2) is 12.6 Å². The van der Waals surface area contributed by atoms with Gasteiger partial charge in [0.2, 0.25) is 6.41 Å². The van der Waals surface area contributed by atoms with E-state index in [0.717, 1.165) is 11.3 Å². The molecule has 3 N–H and O–H groups in total. The highest BCUT2D eigenvalue weighted by Gasteiger charge is 2.02. The van der Waals surface area contributed by atoms with Gasteiger partial charge in [-0.3, -0.25) is 9.79 Å². The van der Waals surface area contributed by atoms with Gasteiger partial charge in [0.25, 0.3) is 0 Å². The van der Waals surface area contributed by atoms with Crippen molar-refractivity contribution in [3.8, 4) is 0 Å². The summed E-state index contributed by atoms with van der Waals surface area (Å²) in [5, 5.41) is 2.69. The number of aliphatic imine (C=N–C) groups is 1. The number of carbonyl (C=O) groups is 1. The molecule has 0 aliphatic carbocycles. The molecular weight excluding hydrogens is 202 g/mol. The van der Waals surface area contributed by atoms with Gasteiger partial charge < -0.3 is 11.1 Å². The molecule has 4 heteroatoms. The minimum atomic E-state index is 0.0134. The third kappa shape index (κ3) is 3.57. The molecule has 0 heterocycles. The van der Waals surface area contributed by atoms with E-state index in [4.69, 9.17) is 5.73 Å². The van der Waals surface area contributed by atoms with Crippen LogP contribution >= 0.6 is 0 Å². The molecular formula is C12H15N3O. The molecule has 1 aromatic carbocycles. The Kier molecular flexibility index (Phi) is 4.79. The third-order valence-corrected chi connectivity index (χ3v) is 2.13. The molecule has 1 amide bonds. The van der Waals surface area contributed by atoms with Crippen LogP contribution in [0.2, 0.25) is 0 Å². The van der Waals surface area contributed by atoms with Gasteiger partial charge >= 0.3 is 0 Å². The SMILES string of the molecule is CC(NC=O)c1ccc(N=CC=CN)cc1. The minimum Gasteiger partial charge on any atom is -0.405 e. The topological polar surface area (TPSA) is 67.5 Å². The molecule has 0 aliphatic rings. The van der Waals surface area contributed by atoms with Crippen LogP contribution < -0.4 is 11.1 Å². The van der Waals surface area contributed by atoms with Crippen molar-refractivity contribution in [1.82, 2.24) is 5.32 Å². The molecule has 0 spiro atoms. The molecule has 1 atom stereocenters. The number of nitrogens with zero attached hydrogens (tertiary/aromatic N) is 1. The van der Waals surface area contributed by atoms with Gasteiger partial charge in [0.1, 0.15) is 0 Å². The summed E-state index contributed by atoms with van der Waals surface area (Å²) < 4.78 is 0. The van der Waals surface area contributed by atoms with Gasteiger partial charge in [-0.1, -0.05) is 12.1 Å². The van der Waals surface area contributed by atoms with E-state index >= 15 is 0 Å². The molecule has 0 radical (unpaired) electrons. The Morgan fingerprint density at radius 2 is 2.06 bits per heavy atom. The molecule has 1 aromatic rings. The van der Waals surface area contributed by atoms with Crippen LogP contribution in [0.25, 0.3) is 0 Å².